The minimum absolute atomic E-state index is 0.0618. The van der Waals surface area contributed by atoms with E-state index in [1.165, 1.54) is 6.92 Å². The van der Waals surface area contributed by atoms with Crippen molar-refractivity contribution in [1.82, 2.24) is 4.90 Å². The fourth-order valence-electron chi connectivity index (χ4n) is 1.57. The number of nitrogens with zero attached hydrogens (tertiary/aromatic N) is 2. The second-order valence-electron chi connectivity index (χ2n) is 3.79. The van der Waals surface area contributed by atoms with Crippen LogP contribution in [0, 0.1) is 0 Å². The first-order chi connectivity index (χ1) is 8.58. The highest BCUT2D eigenvalue weighted by atomic mass is 35.5. The molecule has 1 rings (SSSR count). The van der Waals surface area contributed by atoms with Crippen molar-refractivity contribution in [3.8, 4) is 0 Å². The Hall–Kier alpha value is -1.55. The molecule has 0 aromatic heterocycles. The van der Waals surface area contributed by atoms with Crippen molar-refractivity contribution < 1.29 is 4.79 Å². The average molecular weight is 268 g/mol. The number of hydrazone groups is 1. The molecule has 0 atom stereocenters. The molecule has 0 amide bonds. The van der Waals surface area contributed by atoms with Gasteiger partial charge in [0.15, 0.2) is 11.6 Å². The van der Waals surface area contributed by atoms with E-state index < -0.39 is 0 Å². The maximum absolute atomic E-state index is 11.6. The summed E-state index contributed by atoms with van der Waals surface area (Å²) in [6.45, 7) is 6.97. The molecule has 4 nitrogen and oxygen atoms in total. The predicted octanol–water partition coefficient (Wildman–Crippen LogP) is 3.00. The van der Waals surface area contributed by atoms with Gasteiger partial charge in [-0.3, -0.25) is 10.2 Å². The van der Waals surface area contributed by atoms with Gasteiger partial charge in [0, 0.05) is 25.0 Å². The van der Waals surface area contributed by atoms with E-state index in [-0.39, 0.29) is 5.78 Å². The van der Waals surface area contributed by atoms with Gasteiger partial charge in [-0.2, -0.15) is 5.10 Å². The maximum atomic E-state index is 11.6. The van der Waals surface area contributed by atoms with Crippen LogP contribution in [0.3, 0.4) is 0 Å². The molecule has 0 radical (unpaired) electrons. The third-order valence-electron chi connectivity index (χ3n) is 2.49. The summed E-state index contributed by atoms with van der Waals surface area (Å²) in [5, 5.41) is 4.79. The number of Topliss-reactive ketones (excluding diaryl/α,β-unsaturated/α-hetero) is 1. The third kappa shape index (κ3) is 4.04. The number of likely N-dealkylation sites (N-methyl/N-ethyl adjacent to an activating group) is 1. The summed E-state index contributed by atoms with van der Waals surface area (Å²) in [5.41, 5.74) is 3.61. The van der Waals surface area contributed by atoms with Crippen LogP contribution >= 0.6 is 11.6 Å². The van der Waals surface area contributed by atoms with E-state index >= 15 is 0 Å². The van der Waals surface area contributed by atoms with Gasteiger partial charge in [0.05, 0.1) is 5.69 Å². The van der Waals surface area contributed by atoms with Crippen LogP contribution in [0.25, 0.3) is 0 Å². The minimum Gasteiger partial charge on any atom is -0.353 e. The SMILES string of the molecule is CCN(CC)C(=NNc1cccc(Cl)c1)C(C)=O. The maximum Gasteiger partial charge on any atom is 0.196 e. The summed E-state index contributed by atoms with van der Waals surface area (Å²) >= 11 is 5.87. The van der Waals surface area contributed by atoms with Crippen LogP contribution < -0.4 is 5.43 Å². The monoisotopic (exact) mass is 267 g/mol. The topological polar surface area (TPSA) is 44.7 Å². The lowest BCUT2D eigenvalue weighted by Crippen LogP contribution is -2.36. The Morgan fingerprint density at radius 2 is 2.06 bits per heavy atom. The summed E-state index contributed by atoms with van der Waals surface area (Å²) in [6.07, 6.45) is 0. The number of hydrogen-bond acceptors (Lipinski definition) is 3. The van der Waals surface area contributed by atoms with Gasteiger partial charge in [-0.05, 0) is 32.0 Å². The van der Waals surface area contributed by atoms with Gasteiger partial charge in [0.25, 0.3) is 0 Å². The van der Waals surface area contributed by atoms with Gasteiger partial charge in [-0.15, -0.1) is 0 Å². The number of amidine groups is 1. The minimum atomic E-state index is -0.0618. The second kappa shape index (κ2) is 7.01. The van der Waals surface area contributed by atoms with Crippen LogP contribution in [-0.4, -0.2) is 29.6 Å². The van der Waals surface area contributed by atoms with Crippen molar-refractivity contribution in [3.05, 3.63) is 29.3 Å². The molecule has 0 spiro atoms. The zero-order valence-electron chi connectivity index (χ0n) is 10.9. The largest absolute Gasteiger partial charge is 0.353 e. The Labute approximate surface area is 113 Å². The van der Waals surface area contributed by atoms with E-state index in [1.807, 2.05) is 30.9 Å². The van der Waals surface area contributed by atoms with E-state index in [0.29, 0.717) is 10.9 Å². The molecule has 0 unspecified atom stereocenters. The van der Waals surface area contributed by atoms with Crippen molar-refractivity contribution in [1.29, 1.82) is 0 Å². The first-order valence-electron chi connectivity index (χ1n) is 5.93. The van der Waals surface area contributed by atoms with Gasteiger partial charge >= 0.3 is 0 Å². The lowest BCUT2D eigenvalue weighted by atomic mass is 10.3. The standard InChI is InChI=1S/C13H18ClN3O/c1-4-17(5-2)13(10(3)18)16-15-12-8-6-7-11(14)9-12/h6-9,15H,4-5H2,1-3H3. The Morgan fingerprint density at radius 1 is 1.39 bits per heavy atom. The van der Waals surface area contributed by atoms with E-state index in [2.05, 4.69) is 10.5 Å². The van der Waals surface area contributed by atoms with E-state index in [0.717, 1.165) is 18.8 Å². The number of halogens is 1. The van der Waals surface area contributed by atoms with Gasteiger partial charge < -0.3 is 4.90 Å². The fourth-order valence-corrected chi connectivity index (χ4v) is 1.76. The summed E-state index contributed by atoms with van der Waals surface area (Å²) in [4.78, 5) is 13.5. The van der Waals surface area contributed by atoms with Gasteiger partial charge in [-0.1, -0.05) is 17.7 Å². The van der Waals surface area contributed by atoms with Crippen LogP contribution in [-0.2, 0) is 4.79 Å². The molecular formula is C13H18ClN3O. The average Bonchev–Trinajstić information content (AvgIpc) is 2.34. The van der Waals surface area contributed by atoms with Gasteiger partial charge in [-0.25, -0.2) is 0 Å². The number of nitrogens with one attached hydrogen (secondary N) is 1. The van der Waals surface area contributed by atoms with Crippen LogP contribution in [0.5, 0.6) is 0 Å². The van der Waals surface area contributed by atoms with Crippen molar-refractivity contribution >= 4 is 28.9 Å². The quantitative estimate of drug-likeness (QED) is 0.507. The van der Waals surface area contributed by atoms with Crippen molar-refractivity contribution in [2.75, 3.05) is 18.5 Å². The Bertz CT molecular complexity index is 442. The molecule has 1 N–H and O–H groups in total. The normalized spacial score (nSPS) is 11.2. The molecule has 0 bridgehead atoms. The second-order valence-corrected chi connectivity index (χ2v) is 4.22. The van der Waals surface area contributed by atoms with Crippen molar-refractivity contribution in [3.63, 3.8) is 0 Å². The highest BCUT2D eigenvalue weighted by Gasteiger charge is 2.12. The summed E-state index contributed by atoms with van der Waals surface area (Å²) in [7, 11) is 0. The zero-order chi connectivity index (χ0) is 13.5. The molecule has 18 heavy (non-hydrogen) atoms. The number of carbonyl (C=O) groups is 1. The zero-order valence-corrected chi connectivity index (χ0v) is 11.7. The lowest BCUT2D eigenvalue weighted by Gasteiger charge is -2.20. The number of anilines is 1. The highest BCUT2D eigenvalue weighted by Crippen LogP contribution is 2.14. The van der Waals surface area contributed by atoms with Gasteiger partial charge in [0.1, 0.15) is 0 Å². The Balaban J connectivity index is 2.87. The highest BCUT2D eigenvalue weighted by molar-refractivity contribution is 6.37. The van der Waals surface area contributed by atoms with Crippen LogP contribution in [0.1, 0.15) is 20.8 Å². The Morgan fingerprint density at radius 3 is 2.56 bits per heavy atom. The molecule has 1 aromatic rings. The summed E-state index contributed by atoms with van der Waals surface area (Å²) in [6, 6.07) is 7.21. The van der Waals surface area contributed by atoms with Crippen molar-refractivity contribution in [2.24, 2.45) is 5.10 Å². The molecule has 0 fully saturated rings. The molecule has 0 aliphatic rings. The van der Waals surface area contributed by atoms with Crippen molar-refractivity contribution in [2.45, 2.75) is 20.8 Å². The predicted molar refractivity (Wildman–Crippen MR) is 76.1 cm³/mol. The smallest absolute Gasteiger partial charge is 0.196 e. The van der Waals surface area contributed by atoms with Gasteiger partial charge in [0.2, 0.25) is 0 Å². The Kier molecular flexibility index (Phi) is 5.65. The molecule has 0 saturated heterocycles. The molecule has 5 heteroatoms. The molecule has 0 aliphatic heterocycles. The van der Waals surface area contributed by atoms with E-state index in [4.69, 9.17) is 11.6 Å². The number of carbonyl (C=O) groups excluding carboxylic acids is 1. The molecule has 0 aliphatic carbocycles. The number of rotatable bonds is 5. The first-order valence-corrected chi connectivity index (χ1v) is 6.31. The summed E-state index contributed by atoms with van der Waals surface area (Å²) in [5.74, 6) is 0.369. The summed E-state index contributed by atoms with van der Waals surface area (Å²) < 4.78 is 0. The number of hydrogen-bond donors (Lipinski definition) is 1. The van der Waals surface area contributed by atoms with E-state index in [9.17, 15) is 4.79 Å². The van der Waals surface area contributed by atoms with E-state index in [1.54, 1.807) is 12.1 Å². The first kappa shape index (κ1) is 14.5. The number of benzene rings is 1. The molecule has 0 saturated carbocycles. The van der Waals surface area contributed by atoms with Crippen LogP contribution in [0.2, 0.25) is 5.02 Å². The molecule has 98 valence electrons. The molecule has 1 aromatic carbocycles. The third-order valence-corrected chi connectivity index (χ3v) is 2.73. The van der Waals surface area contributed by atoms with Crippen LogP contribution in [0.15, 0.2) is 29.4 Å². The fraction of sp³-hybridized carbons (Fsp3) is 0.385. The van der Waals surface area contributed by atoms with Crippen LogP contribution in [0.4, 0.5) is 5.69 Å². The number of ketones is 1. The molecule has 0 heterocycles. The molecular weight excluding hydrogens is 250 g/mol. The lowest BCUT2D eigenvalue weighted by molar-refractivity contribution is -0.111.